The number of hydrogen-bond acceptors (Lipinski definition) is 4. The maximum absolute atomic E-state index is 13.6. The predicted octanol–water partition coefficient (Wildman–Crippen LogP) is 2.86. The molecule has 100 valence electrons. The molecule has 1 aliphatic carbocycles. The molecule has 1 aromatic heterocycles. The summed E-state index contributed by atoms with van der Waals surface area (Å²) in [5.41, 5.74) is 6.33. The SMILES string of the molecule is NC1CCCC(c2nc(-c3ccccc3F)no2)C1. The molecule has 0 radical (unpaired) electrons. The summed E-state index contributed by atoms with van der Waals surface area (Å²) < 4.78 is 18.9. The molecule has 0 spiro atoms. The Balaban J connectivity index is 1.85. The predicted molar refractivity (Wildman–Crippen MR) is 68.9 cm³/mol. The highest BCUT2D eigenvalue weighted by molar-refractivity contribution is 5.54. The van der Waals surface area contributed by atoms with Gasteiger partial charge in [0.2, 0.25) is 11.7 Å². The zero-order valence-electron chi connectivity index (χ0n) is 10.6. The fourth-order valence-electron chi connectivity index (χ4n) is 2.60. The standard InChI is InChI=1S/C14H16FN3O/c15-12-7-2-1-6-11(12)13-17-14(19-18-13)9-4-3-5-10(16)8-9/h1-2,6-7,9-10H,3-5,8,16H2. The molecule has 1 fully saturated rings. The molecule has 0 bridgehead atoms. The van der Waals surface area contributed by atoms with E-state index < -0.39 is 0 Å². The summed E-state index contributed by atoms with van der Waals surface area (Å²) in [7, 11) is 0. The van der Waals surface area contributed by atoms with Gasteiger partial charge in [-0.2, -0.15) is 4.98 Å². The topological polar surface area (TPSA) is 64.9 Å². The molecule has 2 aromatic rings. The lowest BCUT2D eigenvalue weighted by atomic mass is 9.86. The first-order valence-corrected chi connectivity index (χ1v) is 6.58. The van der Waals surface area contributed by atoms with E-state index in [1.54, 1.807) is 18.2 Å². The van der Waals surface area contributed by atoms with Gasteiger partial charge in [-0.1, -0.05) is 23.7 Å². The number of rotatable bonds is 2. The molecular weight excluding hydrogens is 245 g/mol. The summed E-state index contributed by atoms with van der Waals surface area (Å²) >= 11 is 0. The van der Waals surface area contributed by atoms with Gasteiger partial charge in [0.1, 0.15) is 5.82 Å². The van der Waals surface area contributed by atoms with Gasteiger partial charge in [-0.05, 0) is 31.4 Å². The van der Waals surface area contributed by atoms with E-state index in [1.165, 1.54) is 6.07 Å². The van der Waals surface area contributed by atoms with E-state index in [1.807, 2.05) is 0 Å². The maximum atomic E-state index is 13.6. The van der Waals surface area contributed by atoms with Gasteiger partial charge in [0.15, 0.2) is 0 Å². The molecule has 19 heavy (non-hydrogen) atoms. The van der Waals surface area contributed by atoms with Crippen molar-refractivity contribution in [1.29, 1.82) is 0 Å². The van der Waals surface area contributed by atoms with Gasteiger partial charge in [0, 0.05) is 12.0 Å². The van der Waals surface area contributed by atoms with Gasteiger partial charge >= 0.3 is 0 Å². The van der Waals surface area contributed by atoms with Crippen LogP contribution < -0.4 is 5.73 Å². The van der Waals surface area contributed by atoms with Gasteiger partial charge in [0.25, 0.3) is 0 Å². The first kappa shape index (κ1) is 12.3. The Hall–Kier alpha value is -1.75. The van der Waals surface area contributed by atoms with Crippen molar-refractivity contribution in [2.75, 3.05) is 0 Å². The number of hydrogen-bond donors (Lipinski definition) is 1. The maximum Gasteiger partial charge on any atom is 0.230 e. The fourth-order valence-corrected chi connectivity index (χ4v) is 2.60. The highest BCUT2D eigenvalue weighted by Crippen LogP contribution is 2.32. The van der Waals surface area contributed by atoms with Crippen LogP contribution in [0.3, 0.4) is 0 Å². The van der Waals surface area contributed by atoms with Gasteiger partial charge in [0.05, 0.1) is 5.56 Å². The van der Waals surface area contributed by atoms with E-state index in [2.05, 4.69) is 10.1 Å². The molecule has 2 atom stereocenters. The number of benzene rings is 1. The average molecular weight is 261 g/mol. The van der Waals surface area contributed by atoms with Crippen LogP contribution in [0.15, 0.2) is 28.8 Å². The van der Waals surface area contributed by atoms with Crippen LogP contribution in [0, 0.1) is 5.82 Å². The monoisotopic (exact) mass is 261 g/mol. The van der Waals surface area contributed by atoms with Crippen LogP contribution in [0.2, 0.25) is 0 Å². The second-order valence-corrected chi connectivity index (χ2v) is 5.06. The average Bonchev–Trinajstić information content (AvgIpc) is 2.89. The normalized spacial score (nSPS) is 23.5. The van der Waals surface area contributed by atoms with Gasteiger partial charge in [-0.25, -0.2) is 4.39 Å². The molecule has 2 unspecified atom stereocenters. The largest absolute Gasteiger partial charge is 0.339 e. The fraction of sp³-hybridized carbons (Fsp3) is 0.429. The van der Waals surface area contributed by atoms with Crippen LogP contribution in [-0.4, -0.2) is 16.2 Å². The van der Waals surface area contributed by atoms with Crippen molar-refractivity contribution in [1.82, 2.24) is 10.1 Å². The van der Waals surface area contributed by atoms with Crippen molar-refractivity contribution < 1.29 is 8.91 Å². The minimum absolute atomic E-state index is 0.197. The first-order chi connectivity index (χ1) is 9.24. The van der Waals surface area contributed by atoms with E-state index in [0.717, 1.165) is 25.7 Å². The number of halogens is 1. The van der Waals surface area contributed by atoms with Crippen LogP contribution in [0.1, 0.15) is 37.5 Å². The molecule has 0 amide bonds. The Morgan fingerprint density at radius 2 is 2.11 bits per heavy atom. The quantitative estimate of drug-likeness (QED) is 0.902. The number of aromatic nitrogens is 2. The Kier molecular flexibility index (Phi) is 3.29. The summed E-state index contributed by atoms with van der Waals surface area (Å²) in [6.45, 7) is 0. The molecule has 1 aliphatic rings. The van der Waals surface area contributed by atoms with Crippen LogP contribution in [0.5, 0.6) is 0 Å². The lowest BCUT2D eigenvalue weighted by Gasteiger charge is -2.23. The molecule has 1 aromatic carbocycles. The lowest BCUT2D eigenvalue weighted by Crippen LogP contribution is -2.26. The third kappa shape index (κ3) is 2.51. The van der Waals surface area contributed by atoms with E-state index in [0.29, 0.717) is 17.3 Å². The summed E-state index contributed by atoms with van der Waals surface area (Å²) in [6.07, 6.45) is 3.99. The second-order valence-electron chi connectivity index (χ2n) is 5.06. The minimum atomic E-state index is -0.338. The molecule has 5 heteroatoms. The van der Waals surface area contributed by atoms with Crippen LogP contribution in [0.25, 0.3) is 11.4 Å². The number of nitrogens with two attached hydrogens (primary N) is 1. The van der Waals surface area contributed by atoms with E-state index in [4.69, 9.17) is 10.3 Å². The van der Waals surface area contributed by atoms with E-state index >= 15 is 0 Å². The van der Waals surface area contributed by atoms with Crippen molar-refractivity contribution in [3.63, 3.8) is 0 Å². The Bertz CT molecular complexity index is 569. The molecule has 0 aliphatic heterocycles. The molecule has 3 rings (SSSR count). The highest BCUT2D eigenvalue weighted by Gasteiger charge is 2.26. The Labute approximate surface area is 110 Å². The van der Waals surface area contributed by atoms with Crippen molar-refractivity contribution in [3.8, 4) is 11.4 Å². The molecule has 4 nitrogen and oxygen atoms in total. The van der Waals surface area contributed by atoms with Crippen LogP contribution in [0.4, 0.5) is 4.39 Å². The zero-order valence-corrected chi connectivity index (χ0v) is 10.6. The van der Waals surface area contributed by atoms with Gasteiger partial charge in [-0.3, -0.25) is 0 Å². The van der Waals surface area contributed by atoms with E-state index in [-0.39, 0.29) is 17.8 Å². The second kappa shape index (κ2) is 5.09. The third-order valence-electron chi connectivity index (χ3n) is 3.62. The summed E-state index contributed by atoms with van der Waals surface area (Å²) in [5.74, 6) is 0.757. The van der Waals surface area contributed by atoms with Crippen molar-refractivity contribution >= 4 is 0 Å². The molecule has 1 saturated carbocycles. The van der Waals surface area contributed by atoms with Crippen molar-refractivity contribution in [3.05, 3.63) is 36.0 Å². The van der Waals surface area contributed by atoms with Gasteiger partial charge in [-0.15, -0.1) is 0 Å². The lowest BCUT2D eigenvalue weighted by molar-refractivity contribution is 0.299. The van der Waals surface area contributed by atoms with Crippen molar-refractivity contribution in [2.45, 2.75) is 37.6 Å². The van der Waals surface area contributed by atoms with Crippen LogP contribution in [-0.2, 0) is 0 Å². The number of nitrogens with zero attached hydrogens (tertiary/aromatic N) is 2. The molecular formula is C14H16FN3O. The van der Waals surface area contributed by atoms with Crippen LogP contribution >= 0.6 is 0 Å². The van der Waals surface area contributed by atoms with Crippen molar-refractivity contribution in [2.24, 2.45) is 5.73 Å². The van der Waals surface area contributed by atoms with Gasteiger partial charge < -0.3 is 10.3 Å². The molecule has 2 N–H and O–H groups in total. The Morgan fingerprint density at radius 3 is 2.89 bits per heavy atom. The highest BCUT2D eigenvalue weighted by atomic mass is 19.1. The van der Waals surface area contributed by atoms with E-state index in [9.17, 15) is 4.39 Å². The zero-order chi connectivity index (χ0) is 13.2. The molecule has 0 saturated heterocycles. The summed E-state index contributed by atoms with van der Waals surface area (Å²) in [5, 5.41) is 3.88. The smallest absolute Gasteiger partial charge is 0.230 e. The minimum Gasteiger partial charge on any atom is -0.339 e. The Morgan fingerprint density at radius 1 is 1.26 bits per heavy atom. The summed E-state index contributed by atoms with van der Waals surface area (Å²) in [6, 6.07) is 6.63. The molecule has 1 heterocycles. The third-order valence-corrected chi connectivity index (χ3v) is 3.62. The summed E-state index contributed by atoms with van der Waals surface area (Å²) in [4.78, 5) is 4.33. The first-order valence-electron chi connectivity index (χ1n) is 6.58.